The van der Waals surface area contributed by atoms with Gasteiger partial charge in [-0.3, -0.25) is 14.4 Å². The van der Waals surface area contributed by atoms with Crippen molar-refractivity contribution in [2.75, 3.05) is 19.0 Å². The minimum atomic E-state index is -0.518. The predicted octanol–water partition coefficient (Wildman–Crippen LogP) is 2.25. The molecule has 1 aromatic carbocycles. The van der Waals surface area contributed by atoms with Crippen molar-refractivity contribution in [2.24, 2.45) is 0 Å². The van der Waals surface area contributed by atoms with Crippen LogP contribution in [0.3, 0.4) is 0 Å². The van der Waals surface area contributed by atoms with Crippen LogP contribution in [-0.4, -0.2) is 41.3 Å². The molecular weight excluding hydrogens is 378 g/mol. The molecule has 0 fully saturated rings. The lowest BCUT2D eigenvalue weighted by Gasteiger charge is -2.11. The molecule has 0 saturated heterocycles. The van der Waals surface area contributed by atoms with Crippen LogP contribution in [-0.2, 0) is 14.3 Å². The fraction of sp³-hybridized carbons (Fsp3) is 0.400. The number of anilines is 1. The van der Waals surface area contributed by atoms with E-state index in [2.05, 4.69) is 15.3 Å². The first kappa shape index (κ1) is 21.9. The fourth-order valence-electron chi connectivity index (χ4n) is 2.75. The number of carbonyl (C=O) groups is 3. The number of aromatic amines is 2. The summed E-state index contributed by atoms with van der Waals surface area (Å²) in [6.45, 7) is 3.12. The number of aromatic nitrogens is 2. The molecule has 2 aromatic rings. The fourth-order valence-corrected chi connectivity index (χ4v) is 2.75. The van der Waals surface area contributed by atoms with Gasteiger partial charge in [0.25, 0.3) is 5.91 Å². The maximum Gasteiger partial charge on any atom is 0.323 e. The Hall–Kier alpha value is -3.36. The molecule has 0 unspecified atom stereocenters. The summed E-state index contributed by atoms with van der Waals surface area (Å²) in [6, 6.07) is 5.35. The van der Waals surface area contributed by atoms with E-state index in [1.807, 2.05) is 13.0 Å². The Morgan fingerprint density at radius 3 is 2.45 bits per heavy atom. The number of rotatable bonds is 10. The lowest BCUT2D eigenvalue weighted by molar-refractivity contribution is -0.147. The van der Waals surface area contributed by atoms with Crippen LogP contribution in [0.4, 0.5) is 5.69 Å². The zero-order valence-corrected chi connectivity index (χ0v) is 16.7. The predicted molar refractivity (Wildman–Crippen MR) is 106 cm³/mol. The Morgan fingerprint density at radius 1 is 1.07 bits per heavy atom. The van der Waals surface area contributed by atoms with Crippen LogP contribution in [0, 0.1) is 13.8 Å². The van der Waals surface area contributed by atoms with Gasteiger partial charge in [-0.05, 0) is 44.4 Å². The number of ketones is 1. The molecule has 1 heterocycles. The molecule has 9 nitrogen and oxygen atoms in total. The minimum absolute atomic E-state index is 0.0942. The molecule has 0 aliphatic carbocycles. The summed E-state index contributed by atoms with van der Waals surface area (Å²) in [6.07, 6.45) is 1.20. The van der Waals surface area contributed by atoms with Gasteiger partial charge in [-0.2, -0.15) is 0 Å². The number of amides is 1. The summed E-state index contributed by atoms with van der Waals surface area (Å²) >= 11 is 0. The molecule has 0 aliphatic heterocycles. The number of hydrogen-bond acceptors (Lipinski definition) is 6. The minimum Gasteiger partial charge on any atom is -0.495 e. The van der Waals surface area contributed by atoms with Crippen LogP contribution >= 0.6 is 0 Å². The topological polar surface area (TPSA) is 130 Å². The maximum absolute atomic E-state index is 12.0. The highest BCUT2D eigenvalue weighted by atomic mass is 16.5. The molecule has 0 bridgehead atoms. The number of imidazole rings is 1. The van der Waals surface area contributed by atoms with Crippen LogP contribution < -0.4 is 15.7 Å². The molecule has 1 amide bonds. The zero-order chi connectivity index (χ0) is 21.4. The highest BCUT2D eigenvalue weighted by Crippen LogP contribution is 2.25. The lowest BCUT2D eigenvalue weighted by Crippen LogP contribution is -2.21. The highest BCUT2D eigenvalue weighted by molar-refractivity contribution is 5.95. The Morgan fingerprint density at radius 2 is 1.79 bits per heavy atom. The summed E-state index contributed by atoms with van der Waals surface area (Å²) in [5, 5.41) is 2.65. The van der Waals surface area contributed by atoms with Crippen molar-refractivity contribution < 1.29 is 23.9 Å². The zero-order valence-electron chi connectivity index (χ0n) is 16.7. The number of Topliss-reactive ketones (excluding diaryl/α,β-unsaturated/α-hetero) is 1. The van der Waals surface area contributed by atoms with Gasteiger partial charge in [-0.25, -0.2) is 4.79 Å². The van der Waals surface area contributed by atoms with Gasteiger partial charge in [0.2, 0.25) is 0 Å². The molecule has 0 atom stereocenters. The molecule has 0 spiro atoms. The first-order valence-electron chi connectivity index (χ1n) is 9.22. The van der Waals surface area contributed by atoms with Crippen LogP contribution in [0.2, 0.25) is 0 Å². The molecular formula is C20H25N3O6. The summed E-state index contributed by atoms with van der Waals surface area (Å²) in [4.78, 5) is 51.9. The molecule has 2 rings (SSSR count). The average molecular weight is 403 g/mol. The van der Waals surface area contributed by atoms with Gasteiger partial charge in [-0.15, -0.1) is 0 Å². The van der Waals surface area contributed by atoms with Crippen molar-refractivity contribution in [1.29, 1.82) is 0 Å². The second kappa shape index (κ2) is 10.3. The number of hydrogen-bond donors (Lipinski definition) is 3. The van der Waals surface area contributed by atoms with Gasteiger partial charge in [-0.1, -0.05) is 6.07 Å². The van der Waals surface area contributed by atoms with Gasteiger partial charge in [0.05, 0.1) is 12.8 Å². The van der Waals surface area contributed by atoms with Crippen molar-refractivity contribution in [3.05, 3.63) is 45.6 Å². The molecule has 9 heteroatoms. The molecule has 3 N–H and O–H groups in total. The summed E-state index contributed by atoms with van der Waals surface area (Å²) in [5.41, 5.74) is 1.80. The van der Waals surface area contributed by atoms with Crippen molar-refractivity contribution in [1.82, 2.24) is 9.97 Å². The number of aryl methyl sites for hydroxylation is 2. The maximum atomic E-state index is 12.0. The monoisotopic (exact) mass is 403 g/mol. The highest BCUT2D eigenvalue weighted by Gasteiger charge is 2.14. The third-order valence-electron chi connectivity index (χ3n) is 4.22. The average Bonchev–Trinajstić information content (AvgIpc) is 3.02. The van der Waals surface area contributed by atoms with Crippen molar-refractivity contribution in [3.63, 3.8) is 0 Å². The second-order valence-corrected chi connectivity index (χ2v) is 6.62. The van der Waals surface area contributed by atoms with Crippen LogP contribution in [0.1, 0.15) is 47.4 Å². The van der Waals surface area contributed by atoms with Crippen molar-refractivity contribution in [2.45, 2.75) is 39.5 Å². The van der Waals surface area contributed by atoms with Gasteiger partial charge >= 0.3 is 11.7 Å². The van der Waals surface area contributed by atoms with E-state index in [0.29, 0.717) is 30.0 Å². The van der Waals surface area contributed by atoms with E-state index in [9.17, 15) is 19.2 Å². The number of esters is 1. The number of ether oxygens (including phenoxy) is 2. The number of methoxy groups -OCH3 is 1. The SMILES string of the molecule is COc1ccc(C)cc1NC(=O)COC(=O)CCCCC(=O)c1[nH]c(=O)[nH]c1C. The first-order valence-corrected chi connectivity index (χ1v) is 9.22. The normalized spacial score (nSPS) is 10.4. The number of benzene rings is 1. The third kappa shape index (κ3) is 6.63. The Kier molecular flexibility index (Phi) is 7.76. The molecule has 0 saturated carbocycles. The second-order valence-electron chi connectivity index (χ2n) is 6.62. The summed E-state index contributed by atoms with van der Waals surface area (Å²) in [7, 11) is 1.50. The third-order valence-corrected chi connectivity index (χ3v) is 4.22. The van der Waals surface area contributed by atoms with E-state index in [1.54, 1.807) is 19.1 Å². The van der Waals surface area contributed by atoms with E-state index in [0.717, 1.165) is 5.56 Å². The van der Waals surface area contributed by atoms with Gasteiger partial charge < -0.3 is 24.8 Å². The number of H-pyrrole nitrogens is 2. The van der Waals surface area contributed by atoms with Crippen molar-refractivity contribution in [3.8, 4) is 5.75 Å². The van der Waals surface area contributed by atoms with Gasteiger partial charge in [0.15, 0.2) is 12.4 Å². The number of unbranched alkanes of at least 4 members (excludes halogenated alkanes) is 1. The summed E-state index contributed by atoms with van der Waals surface area (Å²) < 4.78 is 10.1. The molecule has 29 heavy (non-hydrogen) atoms. The smallest absolute Gasteiger partial charge is 0.323 e. The van der Waals surface area contributed by atoms with E-state index in [4.69, 9.17) is 9.47 Å². The summed E-state index contributed by atoms with van der Waals surface area (Å²) in [5.74, 6) is -0.668. The molecule has 1 aromatic heterocycles. The first-order chi connectivity index (χ1) is 13.8. The lowest BCUT2D eigenvalue weighted by atomic mass is 10.1. The van der Waals surface area contributed by atoms with E-state index in [1.165, 1.54) is 7.11 Å². The largest absolute Gasteiger partial charge is 0.495 e. The Bertz CT molecular complexity index is 944. The van der Waals surface area contributed by atoms with Gasteiger partial charge in [0, 0.05) is 18.5 Å². The number of carbonyl (C=O) groups excluding carboxylic acids is 3. The van der Waals surface area contributed by atoms with Crippen LogP contribution in [0.25, 0.3) is 0 Å². The van der Waals surface area contributed by atoms with E-state index in [-0.39, 0.29) is 24.3 Å². The Labute approximate surface area is 167 Å². The van der Waals surface area contributed by atoms with Gasteiger partial charge in [0.1, 0.15) is 11.4 Å². The standard InChI is InChI=1S/C20H25N3O6/c1-12-8-9-16(28-3)14(10-12)22-17(25)11-29-18(26)7-5-4-6-15(24)19-13(2)21-20(27)23-19/h8-10H,4-7,11H2,1-3H3,(H,22,25)(H2,21,23,27). The van der Waals surface area contributed by atoms with Crippen LogP contribution in [0.15, 0.2) is 23.0 Å². The molecule has 0 radical (unpaired) electrons. The van der Waals surface area contributed by atoms with Crippen molar-refractivity contribution >= 4 is 23.3 Å². The van der Waals surface area contributed by atoms with E-state index >= 15 is 0 Å². The van der Waals surface area contributed by atoms with E-state index < -0.39 is 24.2 Å². The Balaban J connectivity index is 1.68. The quantitative estimate of drug-likeness (QED) is 0.317. The molecule has 0 aliphatic rings. The molecule has 156 valence electrons. The number of nitrogens with one attached hydrogen (secondary N) is 3. The van der Waals surface area contributed by atoms with Crippen LogP contribution in [0.5, 0.6) is 5.75 Å².